The zero-order valence-corrected chi connectivity index (χ0v) is 11.7. The fourth-order valence-electron chi connectivity index (χ4n) is 3.06. The van der Waals surface area contributed by atoms with Gasteiger partial charge in [0.25, 0.3) is 10.2 Å². The Hall–Kier alpha value is -0.170. The van der Waals surface area contributed by atoms with Crippen LogP contribution in [-0.4, -0.2) is 56.8 Å². The normalized spacial score (nSPS) is 33.6. The van der Waals surface area contributed by atoms with Crippen LogP contribution in [0.25, 0.3) is 0 Å². The van der Waals surface area contributed by atoms with Gasteiger partial charge in [-0.3, -0.25) is 0 Å². The molecule has 2 rings (SSSR count). The molecule has 2 atom stereocenters. The van der Waals surface area contributed by atoms with E-state index < -0.39 is 10.2 Å². The minimum Gasteiger partial charge on any atom is -0.311 e. The first-order valence-electron chi connectivity index (χ1n) is 6.29. The molecule has 2 heterocycles. The third-order valence-corrected chi connectivity index (χ3v) is 5.80. The van der Waals surface area contributed by atoms with Gasteiger partial charge in [0.1, 0.15) is 0 Å². The van der Waals surface area contributed by atoms with Crippen LogP contribution in [0.1, 0.15) is 25.7 Å². The fourth-order valence-corrected chi connectivity index (χ4v) is 4.02. The standard InChI is InChI=1S/C11H23N3O2S/c1-13(2)17(15,16)14(3)8-9-6-10-4-5-11(7-9)12-10/h9-12H,4-8H2,1-3H3. The van der Waals surface area contributed by atoms with E-state index in [0.717, 1.165) is 12.8 Å². The van der Waals surface area contributed by atoms with Crippen LogP contribution >= 0.6 is 0 Å². The van der Waals surface area contributed by atoms with Crippen LogP contribution in [0.3, 0.4) is 0 Å². The van der Waals surface area contributed by atoms with E-state index in [2.05, 4.69) is 5.32 Å². The van der Waals surface area contributed by atoms with Gasteiger partial charge in [-0.25, -0.2) is 0 Å². The lowest BCUT2D eigenvalue weighted by molar-refractivity contribution is 0.257. The Kier molecular flexibility index (Phi) is 3.77. The van der Waals surface area contributed by atoms with Gasteiger partial charge in [-0.15, -0.1) is 0 Å². The summed E-state index contributed by atoms with van der Waals surface area (Å²) in [4.78, 5) is 0. The highest BCUT2D eigenvalue weighted by Crippen LogP contribution is 2.31. The molecule has 2 aliphatic heterocycles. The van der Waals surface area contributed by atoms with Crippen molar-refractivity contribution in [2.45, 2.75) is 37.8 Å². The largest absolute Gasteiger partial charge is 0.311 e. The average Bonchev–Trinajstić information content (AvgIpc) is 2.57. The van der Waals surface area contributed by atoms with E-state index in [-0.39, 0.29) is 0 Å². The third kappa shape index (κ3) is 2.81. The fraction of sp³-hybridized carbons (Fsp3) is 1.00. The van der Waals surface area contributed by atoms with Crippen molar-refractivity contribution in [3.63, 3.8) is 0 Å². The Morgan fingerprint density at radius 3 is 2.12 bits per heavy atom. The second-order valence-electron chi connectivity index (χ2n) is 5.55. The maximum absolute atomic E-state index is 11.9. The lowest BCUT2D eigenvalue weighted by Crippen LogP contribution is -2.45. The van der Waals surface area contributed by atoms with E-state index in [1.165, 1.54) is 21.5 Å². The Labute approximate surface area is 104 Å². The molecule has 0 radical (unpaired) electrons. The Balaban J connectivity index is 1.93. The molecule has 2 saturated heterocycles. The van der Waals surface area contributed by atoms with Crippen molar-refractivity contribution < 1.29 is 8.42 Å². The van der Waals surface area contributed by atoms with Crippen molar-refractivity contribution in [1.82, 2.24) is 13.9 Å². The van der Waals surface area contributed by atoms with Crippen LogP contribution in [0, 0.1) is 5.92 Å². The Bertz CT molecular complexity index is 357. The molecule has 5 nitrogen and oxygen atoms in total. The zero-order valence-electron chi connectivity index (χ0n) is 10.9. The number of nitrogens with zero attached hydrogens (tertiary/aromatic N) is 2. The molecule has 0 aliphatic carbocycles. The molecular weight excluding hydrogens is 238 g/mol. The van der Waals surface area contributed by atoms with Crippen LogP contribution in [0.15, 0.2) is 0 Å². The van der Waals surface area contributed by atoms with E-state index in [0.29, 0.717) is 24.5 Å². The molecule has 0 aromatic heterocycles. The summed E-state index contributed by atoms with van der Waals surface area (Å²) in [6.45, 7) is 0.648. The highest BCUT2D eigenvalue weighted by atomic mass is 32.2. The third-order valence-electron chi connectivity index (χ3n) is 3.94. The zero-order chi connectivity index (χ0) is 12.6. The average molecular weight is 261 g/mol. The van der Waals surface area contributed by atoms with E-state index in [9.17, 15) is 8.42 Å². The second kappa shape index (κ2) is 4.84. The Morgan fingerprint density at radius 1 is 1.12 bits per heavy atom. The van der Waals surface area contributed by atoms with Crippen molar-refractivity contribution in [1.29, 1.82) is 0 Å². The summed E-state index contributed by atoms with van der Waals surface area (Å²) in [6, 6.07) is 1.24. The van der Waals surface area contributed by atoms with Crippen LogP contribution in [0.2, 0.25) is 0 Å². The predicted molar refractivity (Wildman–Crippen MR) is 67.9 cm³/mol. The molecule has 2 aliphatic rings. The van der Waals surface area contributed by atoms with Crippen LogP contribution < -0.4 is 5.32 Å². The van der Waals surface area contributed by atoms with Crippen molar-refractivity contribution in [3.8, 4) is 0 Å². The first-order chi connectivity index (χ1) is 7.89. The van der Waals surface area contributed by atoms with Crippen LogP contribution in [0.4, 0.5) is 0 Å². The summed E-state index contributed by atoms with van der Waals surface area (Å²) in [6.07, 6.45) is 4.74. The lowest BCUT2D eigenvalue weighted by Gasteiger charge is -2.32. The maximum atomic E-state index is 11.9. The minimum atomic E-state index is -3.24. The lowest BCUT2D eigenvalue weighted by atomic mass is 9.92. The van der Waals surface area contributed by atoms with Gasteiger partial charge in [-0.05, 0) is 31.6 Å². The number of nitrogens with one attached hydrogen (secondary N) is 1. The topological polar surface area (TPSA) is 52.7 Å². The number of rotatable bonds is 4. The quantitative estimate of drug-likeness (QED) is 0.789. The summed E-state index contributed by atoms with van der Waals surface area (Å²) in [7, 11) is 1.60. The highest BCUT2D eigenvalue weighted by molar-refractivity contribution is 7.86. The smallest absolute Gasteiger partial charge is 0.281 e. The minimum absolute atomic E-state index is 0.508. The number of hydrogen-bond acceptors (Lipinski definition) is 3. The van der Waals surface area contributed by atoms with Crippen LogP contribution in [-0.2, 0) is 10.2 Å². The van der Waals surface area contributed by atoms with E-state index in [1.54, 1.807) is 21.1 Å². The predicted octanol–water partition coefficient (Wildman–Crippen LogP) is 0.255. The maximum Gasteiger partial charge on any atom is 0.281 e. The summed E-state index contributed by atoms with van der Waals surface area (Å²) in [5.74, 6) is 0.508. The first kappa shape index (κ1) is 13.3. The molecule has 2 unspecified atom stereocenters. The van der Waals surface area contributed by atoms with Gasteiger partial charge in [-0.1, -0.05) is 0 Å². The van der Waals surface area contributed by atoms with Crippen molar-refractivity contribution in [3.05, 3.63) is 0 Å². The van der Waals surface area contributed by atoms with E-state index in [4.69, 9.17) is 0 Å². The summed E-state index contributed by atoms with van der Waals surface area (Å²) in [5.41, 5.74) is 0. The molecular formula is C11H23N3O2S. The van der Waals surface area contributed by atoms with Gasteiger partial charge in [0.2, 0.25) is 0 Å². The molecule has 6 heteroatoms. The molecule has 2 fully saturated rings. The molecule has 0 amide bonds. The molecule has 0 saturated carbocycles. The Morgan fingerprint density at radius 2 is 1.65 bits per heavy atom. The van der Waals surface area contributed by atoms with Crippen LogP contribution in [0.5, 0.6) is 0 Å². The van der Waals surface area contributed by atoms with E-state index >= 15 is 0 Å². The molecule has 2 bridgehead atoms. The SMILES string of the molecule is CN(C)S(=O)(=O)N(C)CC1CC2CCC(C1)N2. The molecule has 0 aromatic rings. The number of hydrogen-bond donors (Lipinski definition) is 1. The molecule has 0 aromatic carbocycles. The summed E-state index contributed by atoms with van der Waals surface area (Å²) in [5, 5.41) is 3.58. The number of piperidine rings is 1. The van der Waals surface area contributed by atoms with Crippen molar-refractivity contribution in [2.75, 3.05) is 27.7 Å². The van der Waals surface area contributed by atoms with Gasteiger partial charge in [0, 0.05) is 39.8 Å². The van der Waals surface area contributed by atoms with Gasteiger partial charge < -0.3 is 5.32 Å². The molecule has 17 heavy (non-hydrogen) atoms. The van der Waals surface area contributed by atoms with Gasteiger partial charge in [0.05, 0.1) is 0 Å². The second-order valence-corrected chi connectivity index (χ2v) is 7.80. The number of fused-ring (bicyclic) bond motifs is 2. The highest BCUT2D eigenvalue weighted by Gasteiger charge is 2.35. The van der Waals surface area contributed by atoms with E-state index in [1.807, 2.05) is 0 Å². The summed E-state index contributed by atoms with van der Waals surface area (Å²) < 4.78 is 26.6. The molecule has 100 valence electrons. The van der Waals surface area contributed by atoms with Crippen molar-refractivity contribution in [2.24, 2.45) is 5.92 Å². The molecule has 1 N–H and O–H groups in total. The summed E-state index contributed by atoms with van der Waals surface area (Å²) >= 11 is 0. The van der Waals surface area contributed by atoms with Gasteiger partial charge in [-0.2, -0.15) is 17.0 Å². The molecule has 0 spiro atoms. The van der Waals surface area contributed by atoms with Crippen molar-refractivity contribution >= 4 is 10.2 Å². The van der Waals surface area contributed by atoms with Gasteiger partial charge >= 0.3 is 0 Å². The monoisotopic (exact) mass is 261 g/mol. The first-order valence-corrected chi connectivity index (χ1v) is 7.69. The van der Waals surface area contributed by atoms with Gasteiger partial charge in [0.15, 0.2) is 0 Å².